The van der Waals surface area contributed by atoms with Gasteiger partial charge in [-0.05, 0) is 24.1 Å². The van der Waals surface area contributed by atoms with E-state index < -0.39 is 0 Å². The Labute approximate surface area is 145 Å². The first-order chi connectivity index (χ1) is 11.7. The summed E-state index contributed by atoms with van der Waals surface area (Å²) in [7, 11) is 0. The zero-order chi connectivity index (χ0) is 16.8. The standard InChI is InChI=1S/C20H18N2OS/c1-15-6-5-9-17(12-15)13-18-14-21-20(24-18)22-19(23)11-10-16-7-3-2-4-8-16/h2-12,14H,13H2,1H3,(H,21,22,23)/b11-10-. The number of carbonyl (C=O) groups excluding carboxylic acids is 1. The third kappa shape index (κ3) is 4.64. The number of hydrogen-bond acceptors (Lipinski definition) is 3. The summed E-state index contributed by atoms with van der Waals surface area (Å²) in [6, 6.07) is 18.1. The van der Waals surface area contributed by atoms with Crippen LogP contribution in [-0.4, -0.2) is 10.9 Å². The summed E-state index contributed by atoms with van der Waals surface area (Å²) in [5, 5.41) is 3.44. The zero-order valence-corrected chi connectivity index (χ0v) is 14.2. The van der Waals surface area contributed by atoms with E-state index in [4.69, 9.17) is 0 Å². The number of amides is 1. The van der Waals surface area contributed by atoms with E-state index >= 15 is 0 Å². The Morgan fingerprint density at radius 2 is 2.00 bits per heavy atom. The first-order valence-corrected chi connectivity index (χ1v) is 8.55. The van der Waals surface area contributed by atoms with Crippen molar-refractivity contribution in [2.75, 3.05) is 5.32 Å². The maximum atomic E-state index is 12.0. The maximum Gasteiger partial charge on any atom is 0.250 e. The molecule has 3 nitrogen and oxygen atoms in total. The minimum atomic E-state index is -0.171. The molecule has 1 aromatic heterocycles. The van der Waals surface area contributed by atoms with Gasteiger partial charge in [0.2, 0.25) is 5.91 Å². The Bertz CT molecular complexity index is 853. The fourth-order valence-electron chi connectivity index (χ4n) is 2.35. The summed E-state index contributed by atoms with van der Waals surface area (Å²) in [6.07, 6.45) is 5.96. The van der Waals surface area contributed by atoms with Crippen LogP contribution in [0, 0.1) is 6.92 Å². The van der Waals surface area contributed by atoms with Gasteiger partial charge in [0.25, 0.3) is 0 Å². The molecule has 0 aliphatic rings. The van der Waals surface area contributed by atoms with Gasteiger partial charge < -0.3 is 0 Å². The number of aromatic nitrogens is 1. The van der Waals surface area contributed by atoms with Crippen molar-refractivity contribution in [3.05, 3.63) is 88.4 Å². The van der Waals surface area contributed by atoms with Gasteiger partial charge in [0.05, 0.1) is 0 Å². The molecule has 0 radical (unpaired) electrons. The van der Waals surface area contributed by atoms with Crippen molar-refractivity contribution in [2.45, 2.75) is 13.3 Å². The Balaban J connectivity index is 1.59. The second-order valence-corrected chi connectivity index (χ2v) is 6.65. The van der Waals surface area contributed by atoms with Crippen molar-refractivity contribution < 1.29 is 4.79 Å². The number of hydrogen-bond donors (Lipinski definition) is 1. The topological polar surface area (TPSA) is 42.0 Å². The van der Waals surface area contributed by atoms with Gasteiger partial charge >= 0.3 is 0 Å². The SMILES string of the molecule is Cc1cccc(Cc2cnc(NC(=O)/C=C\c3ccccc3)s2)c1. The predicted molar refractivity (Wildman–Crippen MR) is 100 cm³/mol. The van der Waals surface area contributed by atoms with Gasteiger partial charge in [-0.15, -0.1) is 11.3 Å². The molecule has 0 bridgehead atoms. The molecule has 0 saturated heterocycles. The van der Waals surface area contributed by atoms with E-state index in [1.54, 1.807) is 6.08 Å². The molecule has 0 unspecified atom stereocenters. The second kappa shape index (κ2) is 7.70. The van der Waals surface area contributed by atoms with Crippen LogP contribution in [0.1, 0.15) is 21.6 Å². The monoisotopic (exact) mass is 334 g/mol. The van der Waals surface area contributed by atoms with E-state index in [9.17, 15) is 4.79 Å². The molecule has 3 rings (SSSR count). The first-order valence-electron chi connectivity index (χ1n) is 7.73. The molecule has 24 heavy (non-hydrogen) atoms. The average molecular weight is 334 g/mol. The van der Waals surface area contributed by atoms with Crippen molar-refractivity contribution in [3.8, 4) is 0 Å². The number of nitrogens with one attached hydrogen (secondary N) is 1. The Hall–Kier alpha value is -2.72. The molecular weight excluding hydrogens is 316 g/mol. The van der Waals surface area contributed by atoms with E-state index in [-0.39, 0.29) is 5.91 Å². The lowest BCUT2D eigenvalue weighted by Crippen LogP contribution is -2.06. The van der Waals surface area contributed by atoms with Crippen molar-refractivity contribution in [3.63, 3.8) is 0 Å². The molecule has 1 N–H and O–H groups in total. The Morgan fingerprint density at radius 3 is 2.79 bits per heavy atom. The molecule has 0 atom stereocenters. The minimum absolute atomic E-state index is 0.171. The molecule has 0 aliphatic heterocycles. The summed E-state index contributed by atoms with van der Waals surface area (Å²) < 4.78 is 0. The Morgan fingerprint density at radius 1 is 1.17 bits per heavy atom. The highest BCUT2D eigenvalue weighted by molar-refractivity contribution is 7.15. The lowest BCUT2D eigenvalue weighted by atomic mass is 10.1. The second-order valence-electron chi connectivity index (χ2n) is 5.53. The van der Waals surface area contributed by atoms with Crippen LogP contribution in [0.25, 0.3) is 6.08 Å². The lowest BCUT2D eigenvalue weighted by molar-refractivity contribution is -0.111. The maximum absolute atomic E-state index is 12.0. The van der Waals surface area contributed by atoms with Crippen LogP contribution in [0.15, 0.2) is 66.9 Å². The van der Waals surface area contributed by atoms with Crippen LogP contribution in [-0.2, 0) is 11.2 Å². The molecule has 0 saturated carbocycles. The third-order valence-electron chi connectivity index (χ3n) is 3.47. The number of nitrogens with zero attached hydrogens (tertiary/aromatic N) is 1. The molecule has 4 heteroatoms. The van der Waals surface area contributed by atoms with E-state index in [1.165, 1.54) is 28.5 Å². The van der Waals surface area contributed by atoms with E-state index in [0.717, 1.165) is 16.9 Å². The normalized spacial score (nSPS) is 10.9. The number of carbonyl (C=O) groups is 1. The molecule has 0 spiro atoms. The molecule has 120 valence electrons. The summed E-state index contributed by atoms with van der Waals surface area (Å²) in [5.74, 6) is -0.171. The van der Waals surface area contributed by atoms with Crippen molar-refractivity contribution >= 4 is 28.5 Å². The molecule has 0 aliphatic carbocycles. The van der Waals surface area contributed by atoms with Crippen LogP contribution < -0.4 is 5.32 Å². The quantitative estimate of drug-likeness (QED) is 0.688. The average Bonchev–Trinajstić information content (AvgIpc) is 3.01. The smallest absolute Gasteiger partial charge is 0.250 e. The van der Waals surface area contributed by atoms with Crippen LogP contribution in [0.3, 0.4) is 0 Å². The summed E-state index contributed by atoms with van der Waals surface area (Å²) >= 11 is 1.51. The van der Waals surface area contributed by atoms with Gasteiger partial charge in [0.15, 0.2) is 5.13 Å². The van der Waals surface area contributed by atoms with Crippen LogP contribution in [0.2, 0.25) is 0 Å². The van der Waals surface area contributed by atoms with Gasteiger partial charge in [0, 0.05) is 23.6 Å². The number of rotatable bonds is 5. The van der Waals surface area contributed by atoms with Gasteiger partial charge in [-0.3, -0.25) is 10.1 Å². The molecule has 0 fully saturated rings. The number of benzene rings is 2. The fraction of sp³-hybridized carbons (Fsp3) is 0.100. The van der Waals surface area contributed by atoms with Crippen LogP contribution >= 0.6 is 11.3 Å². The first kappa shape index (κ1) is 16.1. The van der Waals surface area contributed by atoms with Gasteiger partial charge in [-0.1, -0.05) is 60.2 Å². The van der Waals surface area contributed by atoms with Crippen LogP contribution in [0.4, 0.5) is 5.13 Å². The summed E-state index contributed by atoms with van der Waals surface area (Å²) in [5.41, 5.74) is 3.49. The highest BCUT2D eigenvalue weighted by atomic mass is 32.1. The molecule has 1 heterocycles. The highest BCUT2D eigenvalue weighted by Crippen LogP contribution is 2.21. The van der Waals surface area contributed by atoms with Gasteiger partial charge in [0.1, 0.15) is 0 Å². The summed E-state index contributed by atoms with van der Waals surface area (Å²) in [6.45, 7) is 2.08. The third-order valence-corrected chi connectivity index (χ3v) is 4.38. The van der Waals surface area contributed by atoms with Crippen molar-refractivity contribution in [1.82, 2.24) is 4.98 Å². The number of thiazole rings is 1. The fourth-order valence-corrected chi connectivity index (χ4v) is 3.20. The van der Waals surface area contributed by atoms with Gasteiger partial charge in [-0.2, -0.15) is 0 Å². The lowest BCUT2D eigenvalue weighted by Gasteiger charge is -1.99. The summed E-state index contributed by atoms with van der Waals surface area (Å²) in [4.78, 5) is 17.4. The molecule has 1 amide bonds. The highest BCUT2D eigenvalue weighted by Gasteiger charge is 2.05. The van der Waals surface area contributed by atoms with Gasteiger partial charge in [-0.25, -0.2) is 4.98 Å². The van der Waals surface area contributed by atoms with Crippen molar-refractivity contribution in [2.24, 2.45) is 0 Å². The predicted octanol–water partition coefficient (Wildman–Crippen LogP) is 4.69. The molecule has 3 aromatic rings. The van der Waals surface area contributed by atoms with E-state index in [0.29, 0.717) is 5.13 Å². The molecular formula is C20H18N2OS. The van der Waals surface area contributed by atoms with Crippen molar-refractivity contribution in [1.29, 1.82) is 0 Å². The minimum Gasteiger partial charge on any atom is -0.298 e. The van der Waals surface area contributed by atoms with E-state index in [2.05, 4.69) is 41.5 Å². The number of anilines is 1. The van der Waals surface area contributed by atoms with Crippen LogP contribution in [0.5, 0.6) is 0 Å². The number of aryl methyl sites for hydroxylation is 1. The largest absolute Gasteiger partial charge is 0.298 e. The Kier molecular flexibility index (Phi) is 5.18. The molecule has 2 aromatic carbocycles. The zero-order valence-electron chi connectivity index (χ0n) is 13.4. The van der Waals surface area contributed by atoms with E-state index in [1.807, 2.05) is 36.5 Å².